The molecule has 3 aromatic rings. The minimum atomic E-state index is -3.94. The summed E-state index contributed by atoms with van der Waals surface area (Å²) in [5, 5.41) is 4.39. The molecule has 2 aromatic heterocycles. The zero-order valence-electron chi connectivity index (χ0n) is 14.7. The van der Waals surface area contributed by atoms with Crippen molar-refractivity contribution in [2.75, 3.05) is 6.61 Å². The molecule has 1 aromatic carbocycles. The van der Waals surface area contributed by atoms with E-state index in [1.807, 2.05) is 6.92 Å². The molecule has 0 atom stereocenters. The van der Waals surface area contributed by atoms with Gasteiger partial charge in [0.1, 0.15) is 17.1 Å². The summed E-state index contributed by atoms with van der Waals surface area (Å²) >= 11 is 0. The molecule has 0 saturated carbocycles. The average molecular weight is 409 g/mol. The first-order chi connectivity index (χ1) is 12.8. The van der Waals surface area contributed by atoms with Gasteiger partial charge in [0, 0.05) is 24.2 Å². The first-order valence-corrected chi connectivity index (χ1v) is 10.8. The molecule has 4 rings (SSSR count). The van der Waals surface area contributed by atoms with Gasteiger partial charge in [-0.1, -0.05) is 13.3 Å². The monoisotopic (exact) mass is 408 g/mol. The Kier molecular flexibility index (Phi) is 4.23. The smallest absolute Gasteiger partial charge is 0.277 e. The molecule has 0 aliphatic carbocycles. The van der Waals surface area contributed by atoms with E-state index in [-0.39, 0.29) is 16.3 Å². The van der Waals surface area contributed by atoms with Crippen molar-refractivity contribution >= 4 is 30.8 Å². The minimum absolute atomic E-state index is 0.0499. The Morgan fingerprint density at radius 1 is 1.37 bits per heavy atom. The van der Waals surface area contributed by atoms with Crippen molar-refractivity contribution in [1.29, 1.82) is 0 Å². The fourth-order valence-electron chi connectivity index (χ4n) is 3.38. The molecule has 0 amide bonds. The number of halogens is 1. The third-order valence-corrected chi connectivity index (χ3v) is 5.88. The largest absolute Gasteiger partial charge is 0.492 e. The number of ether oxygens (including phenoxy) is 1. The number of aromatic nitrogens is 4. The van der Waals surface area contributed by atoms with Gasteiger partial charge in [0.2, 0.25) is 0 Å². The van der Waals surface area contributed by atoms with Crippen LogP contribution in [0.5, 0.6) is 5.75 Å². The van der Waals surface area contributed by atoms with E-state index in [1.54, 1.807) is 7.05 Å². The van der Waals surface area contributed by atoms with Crippen LogP contribution in [0.4, 0.5) is 0 Å². The first kappa shape index (κ1) is 18.0. The van der Waals surface area contributed by atoms with Crippen LogP contribution in [0.15, 0.2) is 21.8 Å². The number of rotatable bonds is 4. The zero-order valence-corrected chi connectivity index (χ0v) is 16.3. The predicted molar refractivity (Wildman–Crippen MR) is 101 cm³/mol. The topological polar surface area (TPSA) is 107 Å². The van der Waals surface area contributed by atoms with Gasteiger partial charge in [0.25, 0.3) is 14.6 Å². The van der Waals surface area contributed by atoms with Crippen LogP contribution in [-0.2, 0) is 28.9 Å². The maximum absolute atomic E-state index is 12.7. The van der Waals surface area contributed by atoms with E-state index in [0.717, 1.165) is 17.7 Å². The molecule has 8 nitrogen and oxygen atoms in total. The van der Waals surface area contributed by atoms with E-state index in [4.69, 9.17) is 15.4 Å². The molecule has 0 spiro atoms. The van der Waals surface area contributed by atoms with Crippen LogP contribution < -0.4 is 10.3 Å². The van der Waals surface area contributed by atoms with E-state index >= 15 is 0 Å². The lowest BCUT2D eigenvalue weighted by Crippen LogP contribution is -2.12. The van der Waals surface area contributed by atoms with Gasteiger partial charge in [0.05, 0.1) is 22.8 Å². The lowest BCUT2D eigenvalue weighted by molar-refractivity contribution is 0.358. The number of hydrogen-bond donors (Lipinski definition) is 1. The van der Waals surface area contributed by atoms with E-state index in [2.05, 4.69) is 15.1 Å². The summed E-state index contributed by atoms with van der Waals surface area (Å²) in [5.74, 6) is 0.751. The Hall–Kier alpha value is -2.39. The Labute approximate surface area is 159 Å². The highest BCUT2D eigenvalue weighted by Crippen LogP contribution is 2.38. The summed E-state index contributed by atoms with van der Waals surface area (Å²) in [7, 11) is 3.30. The number of nitrogens with zero attached hydrogens (tertiary/aromatic N) is 3. The van der Waals surface area contributed by atoms with Gasteiger partial charge in [0.15, 0.2) is 5.52 Å². The molecule has 1 aliphatic heterocycles. The number of aromatic amines is 1. The normalized spacial score (nSPS) is 13.7. The summed E-state index contributed by atoms with van der Waals surface area (Å²) in [5.41, 5.74) is 2.37. The van der Waals surface area contributed by atoms with Crippen LogP contribution in [0.2, 0.25) is 0 Å². The highest BCUT2D eigenvalue weighted by atomic mass is 35.7. The maximum atomic E-state index is 12.7. The molecule has 0 unspecified atom stereocenters. The van der Waals surface area contributed by atoms with Crippen molar-refractivity contribution in [1.82, 2.24) is 19.7 Å². The van der Waals surface area contributed by atoms with Crippen molar-refractivity contribution in [3.05, 3.63) is 33.7 Å². The lowest BCUT2D eigenvalue weighted by Gasteiger charge is -2.10. The van der Waals surface area contributed by atoms with Gasteiger partial charge in [-0.25, -0.2) is 13.4 Å². The fraction of sp³-hybridized carbons (Fsp3) is 0.353. The minimum Gasteiger partial charge on any atom is -0.492 e. The molecular formula is C17H17ClN4O4S. The molecular weight excluding hydrogens is 392 g/mol. The second kappa shape index (κ2) is 6.35. The van der Waals surface area contributed by atoms with Crippen molar-refractivity contribution < 1.29 is 13.2 Å². The van der Waals surface area contributed by atoms with E-state index in [9.17, 15) is 13.2 Å². The van der Waals surface area contributed by atoms with Crippen LogP contribution in [0.3, 0.4) is 0 Å². The Morgan fingerprint density at radius 3 is 2.85 bits per heavy atom. The summed E-state index contributed by atoms with van der Waals surface area (Å²) in [6.07, 6.45) is 2.09. The molecule has 3 heterocycles. The van der Waals surface area contributed by atoms with Crippen LogP contribution in [0.25, 0.3) is 22.4 Å². The number of aryl methyl sites for hydroxylation is 2. The Balaban J connectivity index is 2.02. The molecule has 0 saturated heterocycles. The lowest BCUT2D eigenvalue weighted by atomic mass is 10.1. The van der Waals surface area contributed by atoms with Crippen molar-refractivity contribution in [3.8, 4) is 17.1 Å². The Morgan fingerprint density at radius 2 is 2.15 bits per heavy atom. The van der Waals surface area contributed by atoms with E-state index in [0.29, 0.717) is 41.8 Å². The average Bonchev–Trinajstić information content (AvgIpc) is 3.18. The SMILES string of the molecule is CCCc1nn(C)c2c(=O)[nH]c(-c3cc(S(=O)(=O)Cl)cc4c3OCC4)nc12. The third-order valence-electron chi connectivity index (χ3n) is 4.54. The standard InChI is InChI=1S/C17H17ClN4O4S/c1-3-4-12-13-14(22(2)21-12)17(23)20-16(19-13)11-8-10(27(18,24)25)7-9-5-6-26-15(9)11/h7-8H,3-6H2,1-2H3,(H,19,20,23). The second-order valence-corrected chi connectivity index (χ2v) is 8.99. The van der Waals surface area contributed by atoms with E-state index in [1.165, 1.54) is 16.8 Å². The number of nitrogens with one attached hydrogen (secondary N) is 1. The van der Waals surface area contributed by atoms with E-state index < -0.39 is 9.05 Å². The van der Waals surface area contributed by atoms with Gasteiger partial charge < -0.3 is 9.72 Å². The molecule has 0 bridgehead atoms. The third kappa shape index (κ3) is 3.00. The van der Waals surface area contributed by atoms with Crippen molar-refractivity contribution in [3.63, 3.8) is 0 Å². The number of hydrogen-bond acceptors (Lipinski definition) is 6. The molecule has 0 radical (unpaired) electrons. The van der Waals surface area contributed by atoms with Gasteiger partial charge >= 0.3 is 0 Å². The first-order valence-electron chi connectivity index (χ1n) is 8.50. The van der Waals surface area contributed by atoms with Gasteiger partial charge in [-0.15, -0.1) is 0 Å². The van der Waals surface area contributed by atoms with Crippen molar-refractivity contribution in [2.24, 2.45) is 7.05 Å². The van der Waals surface area contributed by atoms with Gasteiger partial charge in [-0.2, -0.15) is 5.10 Å². The van der Waals surface area contributed by atoms with Gasteiger partial charge in [-0.05, 0) is 24.1 Å². The predicted octanol–water partition coefficient (Wildman–Crippen LogP) is 2.14. The quantitative estimate of drug-likeness (QED) is 0.663. The summed E-state index contributed by atoms with van der Waals surface area (Å²) in [6.45, 7) is 2.44. The maximum Gasteiger partial charge on any atom is 0.277 e. The molecule has 10 heteroatoms. The molecule has 1 N–H and O–H groups in total. The highest BCUT2D eigenvalue weighted by molar-refractivity contribution is 8.13. The number of benzene rings is 1. The zero-order chi connectivity index (χ0) is 19.3. The molecule has 27 heavy (non-hydrogen) atoms. The van der Waals surface area contributed by atoms with Crippen LogP contribution in [0, 0.1) is 0 Å². The van der Waals surface area contributed by atoms with Crippen LogP contribution >= 0.6 is 10.7 Å². The summed E-state index contributed by atoms with van der Waals surface area (Å²) in [6, 6.07) is 2.88. The number of fused-ring (bicyclic) bond motifs is 2. The van der Waals surface area contributed by atoms with Crippen LogP contribution in [0.1, 0.15) is 24.6 Å². The van der Waals surface area contributed by atoms with Crippen molar-refractivity contribution in [2.45, 2.75) is 31.1 Å². The fourth-order valence-corrected chi connectivity index (χ4v) is 4.18. The second-order valence-electron chi connectivity index (χ2n) is 6.43. The Bertz CT molecular complexity index is 1230. The van der Waals surface area contributed by atoms with Gasteiger partial charge in [-0.3, -0.25) is 9.48 Å². The van der Waals surface area contributed by atoms with Crippen LogP contribution in [-0.4, -0.2) is 34.8 Å². The number of H-pyrrole nitrogens is 1. The molecule has 0 fully saturated rings. The molecule has 142 valence electrons. The molecule has 1 aliphatic rings. The summed E-state index contributed by atoms with van der Waals surface area (Å²) < 4.78 is 30.9. The highest BCUT2D eigenvalue weighted by Gasteiger charge is 2.25. The summed E-state index contributed by atoms with van der Waals surface area (Å²) in [4.78, 5) is 19.9.